The van der Waals surface area contributed by atoms with Crippen molar-refractivity contribution >= 4 is 5.91 Å². The van der Waals surface area contributed by atoms with Gasteiger partial charge in [-0.3, -0.25) is 4.79 Å². The molecule has 0 unspecified atom stereocenters. The molecule has 0 atom stereocenters. The Labute approximate surface area is 117 Å². The van der Waals surface area contributed by atoms with Crippen molar-refractivity contribution in [2.24, 2.45) is 11.1 Å². The lowest BCUT2D eigenvalue weighted by Crippen LogP contribution is -2.53. The average Bonchev–Trinajstić information content (AvgIpc) is 2.47. The van der Waals surface area contributed by atoms with E-state index in [1.54, 1.807) is 0 Å². The summed E-state index contributed by atoms with van der Waals surface area (Å²) < 4.78 is 0. The highest BCUT2D eigenvalue weighted by atomic mass is 16.3. The lowest BCUT2D eigenvalue weighted by molar-refractivity contribution is -0.147. The van der Waals surface area contributed by atoms with Crippen LogP contribution in [0.2, 0.25) is 0 Å². The van der Waals surface area contributed by atoms with E-state index in [-0.39, 0.29) is 24.0 Å². The lowest BCUT2D eigenvalue weighted by Gasteiger charge is -2.41. The molecule has 1 aliphatic rings. The third-order valence-corrected chi connectivity index (χ3v) is 4.64. The van der Waals surface area contributed by atoms with Gasteiger partial charge in [0, 0.05) is 19.1 Å². The van der Waals surface area contributed by atoms with Crippen molar-refractivity contribution in [1.29, 1.82) is 0 Å². The fourth-order valence-corrected chi connectivity index (χ4v) is 3.33. The van der Waals surface area contributed by atoms with Gasteiger partial charge in [0.2, 0.25) is 5.91 Å². The van der Waals surface area contributed by atoms with E-state index in [2.05, 4.69) is 13.8 Å². The first-order valence-corrected chi connectivity index (χ1v) is 7.77. The Bertz CT molecular complexity index is 271. The largest absolute Gasteiger partial charge is 0.395 e. The zero-order valence-corrected chi connectivity index (χ0v) is 12.5. The van der Waals surface area contributed by atoms with Gasteiger partial charge in [-0.1, -0.05) is 33.1 Å². The Balaban J connectivity index is 2.89. The summed E-state index contributed by atoms with van der Waals surface area (Å²) in [4.78, 5) is 14.8. The Morgan fingerprint density at radius 3 is 2.26 bits per heavy atom. The number of carbonyl (C=O) groups excluding carboxylic acids is 1. The molecule has 0 saturated heterocycles. The predicted octanol–water partition coefficient (Wildman–Crippen LogP) is 1.91. The van der Waals surface area contributed by atoms with Crippen LogP contribution in [0.3, 0.4) is 0 Å². The Morgan fingerprint density at radius 2 is 1.84 bits per heavy atom. The zero-order valence-electron chi connectivity index (χ0n) is 12.5. The third kappa shape index (κ3) is 3.69. The van der Waals surface area contributed by atoms with Gasteiger partial charge in [-0.05, 0) is 25.7 Å². The lowest BCUT2D eigenvalue weighted by atomic mass is 9.72. The van der Waals surface area contributed by atoms with Gasteiger partial charge in [0.1, 0.15) is 0 Å². The Morgan fingerprint density at radius 1 is 1.26 bits per heavy atom. The van der Waals surface area contributed by atoms with E-state index in [1.165, 1.54) is 6.42 Å². The molecule has 0 aromatic carbocycles. The van der Waals surface area contributed by atoms with Gasteiger partial charge in [0.05, 0.1) is 12.0 Å². The molecule has 19 heavy (non-hydrogen) atoms. The summed E-state index contributed by atoms with van der Waals surface area (Å²) in [5, 5.41) is 9.26. The Hall–Kier alpha value is -0.610. The van der Waals surface area contributed by atoms with Gasteiger partial charge in [-0.25, -0.2) is 0 Å². The molecule has 1 aliphatic carbocycles. The molecule has 1 saturated carbocycles. The van der Waals surface area contributed by atoms with Crippen LogP contribution in [-0.2, 0) is 4.79 Å². The number of nitrogens with zero attached hydrogens (tertiary/aromatic N) is 1. The van der Waals surface area contributed by atoms with Crippen LogP contribution >= 0.6 is 0 Å². The first-order valence-electron chi connectivity index (χ1n) is 7.77. The fourth-order valence-electron chi connectivity index (χ4n) is 3.33. The number of hydrogen-bond acceptors (Lipinski definition) is 3. The van der Waals surface area contributed by atoms with Gasteiger partial charge in [0.25, 0.3) is 0 Å². The van der Waals surface area contributed by atoms with Crippen LogP contribution in [0, 0.1) is 5.41 Å². The maximum atomic E-state index is 12.9. The second-order valence-electron chi connectivity index (χ2n) is 5.74. The summed E-state index contributed by atoms with van der Waals surface area (Å²) in [6.45, 7) is 5.10. The van der Waals surface area contributed by atoms with Crippen LogP contribution in [0.5, 0.6) is 0 Å². The van der Waals surface area contributed by atoms with Crippen molar-refractivity contribution in [2.45, 2.75) is 64.8 Å². The minimum atomic E-state index is -0.365. The molecular weight excluding hydrogens is 240 g/mol. The van der Waals surface area contributed by atoms with Crippen LogP contribution in [-0.4, -0.2) is 41.7 Å². The first-order chi connectivity index (χ1) is 9.15. The van der Waals surface area contributed by atoms with Gasteiger partial charge in [-0.2, -0.15) is 0 Å². The second-order valence-corrected chi connectivity index (χ2v) is 5.74. The van der Waals surface area contributed by atoms with Crippen molar-refractivity contribution < 1.29 is 9.90 Å². The number of carbonyl (C=O) groups is 1. The zero-order chi connectivity index (χ0) is 14.3. The molecule has 0 bridgehead atoms. The molecule has 0 aromatic heterocycles. The normalized spacial score (nSPS) is 18.6. The van der Waals surface area contributed by atoms with Crippen LogP contribution in [0.25, 0.3) is 0 Å². The summed E-state index contributed by atoms with van der Waals surface area (Å²) in [5.41, 5.74) is 5.58. The van der Waals surface area contributed by atoms with Crippen LogP contribution in [0.1, 0.15) is 58.8 Å². The van der Waals surface area contributed by atoms with Gasteiger partial charge >= 0.3 is 0 Å². The minimum Gasteiger partial charge on any atom is -0.395 e. The molecular formula is C15H30N2O2. The van der Waals surface area contributed by atoms with E-state index in [4.69, 9.17) is 5.73 Å². The smallest absolute Gasteiger partial charge is 0.230 e. The summed E-state index contributed by atoms with van der Waals surface area (Å²) >= 11 is 0. The molecule has 0 radical (unpaired) electrons. The quantitative estimate of drug-likeness (QED) is 0.742. The van der Waals surface area contributed by atoms with Crippen molar-refractivity contribution in [2.75, 3.05) is 19.7 Å². The monoisotopic (exact) mass is 270 g/mol. The van der Waals surface area contributed by atoms with Crippen LogP contribution in [0.4, 0.5) is 0 Å². The highest BCUT2D eigenvalue weighted by molar-refractivity contribution is 5.83. The molecule has 112 valence electrons. The van der Waals surface area contributed by atoms with Crippen molar-refractivity contribution in [1.82, 2.24) is 4.90 Å². The number of rotatable bonds is 7. The van der Waals surface area contributed by atoms with Crippen LogP contribution < -0.4 is 5.73 Å². The topological polar surface area (TPSA) is 66.6 Å². The highest BCUT2D eigenvalue weighted by Gasteiger charge is 2.41. The van der Waals surface area contributed by atoms with E-state index in [0.29, 0.717) is 13.1 Å². The van der Waals surface area contributed by atoms with Crippen molar-refractivity contribution in [3.63, 3.8) is 0 Å². The molecule has 0 spiro atoms. The highest BCUT2D eigenvalue weighted by Crippen LogP contribution is 2.37. The summed E-state index contributed by atoms with van der Waals surface area (Å²) in [6, 6.07) is 0.227. The van der Waals surface area contributed by atoms with E-state index in [1.807, 2.05) is 4.90 Å². The summed E-state index contributed by atoms with van der Waals surface area (Å²) in [7, 11) is 0. The third-order valence-electron chi connectivity index (χ3n) is 4.64. The van der Waals surface area contributed by atoms with E-state index < -0.39 is 0 Å². The minimum absolute atomic E-state index is 0.0306. The van der Waals surface area contributed by atoms with E-state index in [9.17, 15) is 9.90 Å². The number of aliphatic hydroxyl groups is 1. The molecule has 3 N–H and O–H groups in total. The van der Waals surface area contributed by atoms with Gasteiger partial charge in [-0.15, -0.1) is 0 Å². The van der Waals surface area contributed by atoms with Gasteiger partial charge in [0.15, 0.2) is 0 Å². The number of nitrogens with two attached hydrogens (primary N) is 1. The average molecular weight is 270 g/mol. The van der Waals surface area contributed by atoms with E-state index >= 15 is 0 Å². The molecule has 4 heteroatoms. The van der Waals surface area contributed by atoms with Crippen molar-refractivity contribution in [3.05, 3.63) is 0 Å². The molecule has 0 aliphatic heterocycles. The number of hydrogen-bond donors (Lipinski definition) is 2. The number of aliphatic hydroxyl groups excluding tert-OH is 1. The van der Waals surface area contributed by atoms with E-state index in [0.717, 1.165) is 38.5 Å². The Kier molecular flexibility index (Phi) is 6.80. The first kappa shape index (κ1) is 16.4. The maximum Gasteiger partial charge on any atom is 0.230 e. The molecule has 0 heterocycles. The van der Waals surface area contributed by atoms with Crippen LogP contribution in [0.15, 0.2) is 0 Å². The molecule has 1 amide bonds. The molecule has 1 fully saturated rings. The van der Waals surface area contributed by atoms with Gasteiger partial charge < -0.3 is 15.7 Å². The second kappa shape index (κ2) is 7.85. The summed E-state index contributed by atoms with van der Waals surface area (Å²) in [6.07, 6.45) is 7.08. The maximum absolute atomic E-state index is 12.9. The molecule has 1 rings (SSSR count). The number of amides is 1. The van der Waals surface area contributed by atoms with Crippen molar-refractivity contribution in [3.8, 4) is 0 Å². The fraction of sp³-hybridized carbons (Fsp3) is 0.933. The molecule has 0 aromatic rings. The standard InChI is InChI=1S/C15H30N2O2/c1-3-13(4-2)17(10-11-18)14(19)15(12-16)8-6-5-7-9-15/h13,18H,3-12,16H2,1-2H3. The summed E-state index contributed by atoms with van der Waals surface area (Å²) in [5.74, 6) is 0.178. The predicted molar refractivity (Wildman–Crippen MR) is 77.7 cm³/mol. The SMILES string of the molecule is CCC(CC)N(CCO)C(=O)C1(CN)CCCCC1. The molecule has 4 nitrogen and oxygen atoms in total.